The number of H-pyrrole nitrogens is 1. The Hall–Kier alpha value is -2.80. The monoisotopic (exact) mass is 370 g/mol. The fourth-order valence-electron chi connectivity index (χ4n) is 2.79. The van der Waals surface area contributed by atoms with Gasteiger partial charge in [0.25, 0.3) is 5.56 Å². The molecule has 7 heteroatoms. The van der Waals surface area contributed by atoms with E-state index >= 15 is 0 Å². The van der Waals surface area contributed by atoms with Crippen LogP contribution in [0.4, 0.5) is 0 Å². The summed E-state index contributed by atoms with van der Waals surface area (Å²) in [5, 5.41) is 8.00. The number of benzene rings is 2. The SMILES string of the molecule is COC(=O)c1cc(Cc2n[nH]c(=O)c3ccc(OC)cc23)ccc1SC. The lowest BCUT2D eigenvalue weighted by molar-refractivity contribution is 0.0596. The highest BCUT2D eigenvalue weighted by Gasteiger charge is 2.14. The molecular formula is C19H18N2O4S. The summed E-state index contributed by atoms with van der Waals surface area (Å²) in [6.45, 7) is 0. The molecule has 6 nitrogen and oxygen atoms in total. The summed E-state index contributed by atoms with van der Waals surface area (Å²) in [5.41, 5.74) is 1.86. The molecule has 0 aliphatic carbocycles. The topological polar surface area (TPSA) is 81.3 Å². The smallest absolute Gasteiger partial charge is 0.339 e. The van der Waals surface area contributed by atoms with E-state index in [1.165, 1.54) is 18.9 Å². The van der Waals surface area contributed by atoms with E-state index in [4.69, 9.17) is 9.47 Å². The molecule has 0 saturated carbocycles. The maximum Gasteiger partial charge on any atom is 0.339 e. The number of rotatable bonds is 5. The van der Waals surface area contributed by atoms with E-state index in [9.17, 15) is 9.59 Å². The number of thioether (sulfide) groups is 1. The van der Waals surface area contributed by atoms with Crippen molar-refractivity contribution in [2.45, 2.75) is 11.3 Å². The van der Waals surface area contributed by atoms with Gasteiger partial charge in [-0.15, -0.1) is 11.8 Å². The highest BCUT2D eigenvalue weighted by molar-refractivity contribution is 7.98. The van der Waals surface area contributed by atoms with Gasteiger partial charge in [0.15, 0.2) is 0 Å². The lowest BCUT2D eigenvalue weighted by Gasteiger charge is -2.10. The molecule has 1 heterocycles. The molecule has 0 fully saturated rings. The lowest BCUT2D eigenvalue weighted by Crippen LogP contribution is -2.12. The summed E-state index contributed by atoms with van der Waals surface area (Å²) in [7, 11) is 2.94. The first kappa shape index (κ1) is 18.0. The van der Waals surface area contributed by atoms with Crippen LogP contribution in [-0.2, 0) is 11.2 Å². The van der Waals surface area contributed by atoms with Gasteiger partial charge in [0.05, 0.1) is 30.9 Å². The van der Waals surface area contributed by atoms with Gasteiger partial charge in [-0.2, -0.15) is 5.10 Å². The Bertz CT molecular complexity index is 1030. The number of aromatic amines is 1. The molecule has 0 saturated heterocycles. The van der Waals surface area contributed by atoms with E-state index in [-0.39, 0.29) is 11.5 Å². The van der Waals surface area contributed by atoms with Gasteiger partial charge in [0.1, 0.15) is 5.75 Å². The van der Waals surface area contributed by atoms with Crippen LogP contribution in [0.15, 0.2) is 46.1 Å². The summed E-state index contributed by atoms with van der Waals surface area (Å²) in [5.74, 6) is 0.274. The molecule has 0 unspecified atom stereocenters. The first-order chi connectivity index (χ1) is 12.6. The summed E-state index contributed by atoms with van der Waals surface area (Å²) in [6, 6.07) is 10.9. The number of ether oxygens (including phenoxy) is 2. The highest BCUT2D eigenvalue weighted by Crippen LogP contribution is 2.26. The third-order valence-electron chi connectivity index (χ3n) is 4.12. The highest BCUT2D eigenvalue weighted by atomic mass is 32.2. The van der Waals surface area contributed by atoms with Crippen LogP contribution < -0.4 is 10.3 Å². The quantitative estimate of drug-likeness (QED) is 0.549. The average molecular weight is 370 g/mol. The van der Waals surface area contributed by atoms with Gasteiger partial charge < -0.3 is 9.47 Å². The van der Waals surface area contributed by atoms with E-state index in [0.717, 1.165) is 15.8 Å². The van der Waals surface area contributed by atoms with Crippen molar-refractivity contribution < 1.29 is 14.3 Å². The van der Waals surface area contributed by atoms with Gasteiger partial charge in [0.2, 0.25) is 0 Å². The molecule has 0 aliphatic rings. The molecular weight excluding hydrogens is 352 g/mol. The van der Waals surface area contributed by atoms with Crippen LogP contribution in [0, 0.1) is 0 Å². The molecule has 1 N–H and O–H groups in total. The number of nitrogens with zero attached hydrogens (tertiary/aromatic N) is 1. The van der Waals surface area contributed by atoms with Crippen molar-refractivity contribution in [2.24, 2.45) is 0 Å². The van der Waals surface area contributed by atoms with Crippen molar-refractivity contribution in [1.29, 1.82) is 0 Å². The van der Waals surface area contributed by atoms with Crippen molar-refractivity contribution in [2.75, 3.05) is 20.5 Å². The number of hydrogen-bond donors (Lipinski definition) is 1. The number of aromatic nitrogens is 2. The average Bonchev–Trinajstić information content (AvgIpc) is 2.69. The predicted molar refractivity (Wildman–Crippen MR) is 101 cm³/mol. The fourth-order valence-corrected chi connectivity index (χ4v) is 3.35. The maximum atomic E-state index is 12.0. The molecule has 3 aromatic rings. The van der Waals surface area contributed by atoms with E-state index in [2.05, 4.69) is 10.2 Å². The van der Waals surface area contributed by atoms with Crippen LogP contribution >= 0.6 is 11.8 Å². The van der Waals surface area contributed by atoms with E-state index in [1.54, 1.807) is 31.4 Å². The third kappa shape index (κ3) is 3.43. The number of carbonyl (C=O) groups is 1. The minimum absolute atomic E-state index is 0.251. The predicted octanol–water partition coefficient (Wildman–Crippen LogP) is 3.03. The molecule has 134 valence electrons. The summed E-state index contributed by atoms with van der Waals surface area (Å²) >= 11 is 1.48. The Morgan fingerprint density at radius 3 is 2.65 bits per heavy atom. The van der Waals surface area contributed by atoms with Crippen LogP contribution in [0.5, 0.6) is 5.75 Å². The van der Waals surface area contributed by atoms with Crippen LogP contribution in [0.1, 0.15) is 21.6 Å². The molecule has 0 amide bonds. The number of esters is 1. The Labute approximate surface area is 154 Å². The van der Waals surface area contributed by atoms with Crippen LogP contribution in [0.2, 0.25) is 0 Å². The van der Waals surface area contributed by atoms with Gasteiger partial charge in [-0.25, -0.2) is 9.89 Å². The second-order valence-corrected chi connectivity index (χ2v) is 6.46. The van der Waals surface area contributed by atoms with Crippen LogP contribution in [0.25, 0.3) is 10.8 Å². The minimum Gasteiger partial charge on any atom is -0.497 e. The second kappa shape index (κ2) is 7.61. The number of nitrogens with one attached hydrogen (secondary N) is 1. The standard InChI is InChI=1S/C19H18N2O4S/c1-24-12-5-6-13-14(10-12)16(20-21-18(13)22)9-11-4-7-17(26-3)15(8-11)19(23)25-2/h4-8,10H,9H2,1-3H3,(H,21,22). The number of carbonyl (C=O) groups excluding carboxylic acids is 1. The van der Waals surface area contributed by atoms with Crippen molar-refractivity contribution in [3.63, 3.8) is 0 Å². The molecule has 0 spiro atoms. The molecule has 0 aliphatic heterocycles. The molecule has 2 aromatic carbocycles. The van der Waals surface area contributed by atoms with Crippen molar-refractivity contribution >= 4 is 28.5 Å². The summed E-state index contributed by atoms with van der Waals surface area (Å²) in [6.07, 6.45) is 2.36. The first-order valence-electron chi connectivity index (χ1n) is 7.88. The zero-order valence-electron chi connectivity index (χ0n) is 14.7. The zero-order valence-corrected chi connectivity index (χ0v) is 15.5. The van der Waals surface area contributed by atoms with Gasteiger partial charge in [-0.05, 0) is 42.2 Å². The molecule has 0 atom stereocenters. The first-order valence-corrected chi connectivity index (χ1v) is 9.10. The summed E-state index contributed by atoms with van der Waals surface area (Å²) in [4.78, 5) is 24.9. The third-order valence-corrected chi connectivity index (χ3v) is 4.91. The van der Waals surface area contributed by atoms with E-state index in [0.29, 0.717) is 28.8 Å². The van der Waals surface area contributed by atoms with Crippen LogP contribution in [0.3, 0.4) is 0 Å². The fraction of sp³-hybridized carbons (Fsp3) is 0.211. The van der Waals surface area contributed by atoms with Gasteiger partial charge in [0, 0.05) is 16.7 Å². The lowest BCUT2D eigenvalue weighted by atomic mass is 10.0. The van der Waals surface area contributed by atoms with Crippen molar-refractivity contribution in [3.05, 3.63) is 63.6 Å². The second-order valence-electron chi connectivity index (χ2n) is 5.61. The Morgan fingerprint density at radius 2 is 1.96 bits per heavy atom. The van der Waals surface area contributed by atoms with Crippen molar-refractivity contribution in [1.82, 2.24) is 10.2 Å². The summed E-state index contributed by atoms with van der Waals surface area (Å²) < 4.78 is 10.1. The number of methoxy groups -OCH3 is 2. The van der Waals surface area contributed by atoms with Gasteiger partial charge in [-0.3, -0.25) is 4.79 Å². The Balaban J connectivity index is 2.08. The molecule has 0 bridgehead atoms. The van der Waals surface area contributed by atoms with E-state index < -0.39 is 0 Å². The Morgan fingerprint density at radius 1 is 1.15 bits per heavy atom. The minimum atomic E-state index is -0.378. The van der Waals surface area contributed by atoms with Crippen LogP contribution in [-0.4, -0.2) is 36.6 Å². The largest absolute Gasteiger partial charge is 0.497 e. The number of fused-ring (bicyclic) bond motifs is 1. The van der Waals surface area contributed by atoms with E-state index in [1.807, 2.05) is 18.4 Å². The number of hydrogen-bond acceptors (Lipinski definition) is 6. The zero-order chi connectivity index (χ0) is 18.7. The van der Waals surface area contributed by atoms with Gasteiger partial charge in [-0.1, -0.05) is 6.07 Å². The molecule has 0 radical (unpaired) electrons. The van der Waals surface area contributed by atoms with Gasteiger partial charge >= 0.3 is 5.97 Å². The molecule has 26 heavy (non-hydrogen) atoms. The maximum absolute atomic E-state index is 12.0. The van der Waals surface area contributed by atoms with Crippen molar-refractivity contribution in [3.8, 4) is 5.75 Å². The normalized spacial score (nSPS) is 10.7. The molecule has 1 aromatic heterocycles. The molecule has 3 rings (SSSR count). The Kier molecular flexibility index (Phi) is 5.27.